The van der Waals surface area contributed by atoms with E-state index in [0.717, 1.165) is 29.9 Å². The maximum Gasteiger partial charge on any atom is 0.249 e. The second-order valence-corrected chi connectivity index (χ2v) is 6.36. The van der Waals surface area contributed by atoms with Gasteiger partial charge in [-0.15, -0.1) is 0 Å². The quantitative estimate of drug-likeness (QED) is 0.638. The molecule has 4 rings (SSSR count). The van der Waals surface area contributed by atoms with Crippen molar-refractivity contribution >= 4 is 5.91 Å². The molecule has 0 radical (unpaired) electrons. The minimum atomic E-state index is 0.297. The summed E-state index contributed by atoms with van der Waals surface area (Å²) in [5.41, 5.74) is 0.922. The molecule has 2 saturated carbocycles. The molecule has 1 amide bonds. The van der Waals surface area contributed by atoms with Crippen LogP contribution < -0.4 is 0 Å². The van der Waals surface area contributed by atoms with E-state index >= 15 is 0 Å². The molecule has 4 fully saturated rings. The lowest BCUT2D eigenvalue weighted by Gasteiger charge is -2.39. The number of fused-ring (bicyclic) bond motifs is 1. The molecule has 0 spiro atoms. The fourth-order valence-electron chi connectivity index (χ4n) is 4.38. The van der Waals surface area contributed by atoms with Gasteiger partial charge < -0.3 is 4.90 Å². The van der Waals surface area contributed by atoms with Gasteiger partial charge in [-0.25, -0.2) is 0 Å². The van der Waals surface area contributed by atoms with Gasteiger partial charge in [0.05, 0.1) is 0 Å². The second kappa shape index (κ2) is 4.15. The Labute approximate surface area is 104 Å². The zero-order chi connectivity index (χ0) is 12.0. The molecule has 94 valence electrons. The van der Waals surface area contributed by atoms with Gasteiger partial charge in [0.2, 0.25) is 5.91 Å². The van der Waals surface area contributed by atoms with E-state index in [2.05, 4.69) is 4.90 Å². The van der Waals surface area contributed by atoms with Gasteiger partial charge in [0.1, 0.15) is 0 Å². The molecule has 0 aromatic rings. The maximum absolute atomic E-state index is 12.4. The summed E-state index contributed by atoms with van der Waals surface area (Å²) >= 11 is 0. The number of hydrogen-bond acceptors (Lipinski definition) is 1. The van der Waals surface area contributed by atoms with Crippen LogP contribution in [-0.4, -0.2) is 23.4 Å². The number of carbonyl (C=O) groups is 1. The summed E-state index contributed by atoms with van der Waals surface area (Å²) in [4.78, 5) is 14.6. The molecule has 4 aliphatic rings. The maximum atomic E-state index is 12.4. The van der Waals surface area contributed by atoms with Gasteiger partial charge in [-0.1, -0.05) is 6.08 Å². The molecule has 2 unspecified atom stereocenters. The standard InChI is InChI=1S/C15H23NO/c1-3-10(2)15(17)16-9-13-5-11-4-12(6-13)8-14(16)7-11/h3,11-14H,4-9H2,1-2H3/b10-3-. The lowest BCUT2D eigenvalue weighted by atomic mass is 9.68. The summed E-state index contributed by atoms with van der Waals surface area (Å²) in [6.07, 6.45) is 8.71. The summed E-state index contributed by atoms with van der Waals surface area (Å²) in [5.74, 6) is 2.92. The van der Waals surface area contributed by atoms with Crippen LogP contribution in [0, 0.1) is 17.8 Å². The van der Waals surface area contributed by atoms with Crippen LogP contribution >= 0.6 is 0 Å². The van der Waals surface area contributed by atoms with Crippen molar-refractivity contribution in [1.82, 2.24) is 4.90 Å². The van der Waals surface area contributed by atoms with Gasteiger partial charge in [0.15, 0.2) is 0 Å². The monoisotopic (exact) mass is 233 g/mol. The molecule has 2 nitrogen and oxygen atoms in total. The SMILES string of the molecule is C/C=C(/C)C(=O)N1CC2CC3CC(C2)CC1C3. The first kappa shape index (κ1) is 11.3. The molecule has 2 saturated heterocycles. The van der Waals surface area contributed by atoms with Crippen LogP contribution in [0.3, 0.4) is 0 Å². The van der Waals surface area contributed by atoms with Gasteiger partial charge in [0.25, 0.3) is 0 Å². The molecule has 2 atom stereocenters. The van der Waals surface area contributed by atoms with Crippen molar-refractivity contribution in [1.29, 1.82) is 0 Å². The molecule has 2 heteroatoms. The summed E-state index contributed by atoms with van der Waals surface area (Å²) in [6.45, 7) is 4.95. The number of amides is 1. The van der Waals surface area contributed by atoms with E-state index in [9.17, 15) is 4.79 Å². The first-order valence-electron chi connectivity index (χ1n) is 7.11. The Balaban J connectivity index is 1.85. The van der Waals surface area contributed by atoms with Crippen molar-refractivity contribution in [3.63, 3.8) is 0 Å². The Morgan fingerprint density at radius 1 is 1.06 bits per heavy atom. The lowest BCUT2D eigenvalue weighted by molar-refractivity contribution is -0.129. The zero-order valence-corrected chi connectivity index (χ0v) is 11.0. The van der Waals surface area contributed by atoms with E-state index < -0.39 is 0 Å². The third kappa shape index (κ3) is 1.92. The number of carbonyl (C=O) groups excluding carboxylic acids is 1. The number of nitrogens with zero attached hydrogens (tertiary/aromatic N) is 1. The van der Waals surface area contributed by atoms with E-state index in [-0.39, 0.29) is 0 Å². The fraction of sp³-hybridized carbons (Fsp3) is 0.800. The summed E-state index contributed by atoms with van der Waals surface area (Å²) < 4.78 is 0. The second-order valence-electron chi connectivity index (χ2n) is 6.36. The molecule has 2 heterocycles. The van der Waals surface area contributed by atoms with Crippen LogP contribution in [0.1, 0.15) is 46.0 Å². The average molecular weight is 233 g/mol. The molecule has 0 aromatic carbocycles. The summed E-state index contributed by atoms with van der Waals surface area (Å²) in [5, 5.41) is 0. The summed E-state index contributed by atoms with van der Waals surface area (Å²) in [6, 6.07) is 0.550. The van der Waals surface area contributed by atoms with Crippen LogP contribution in [0.4, 0.5) is 0 Å². The van der Waals surface area contributed by atoms with Gasteiger partial charge in [-0.3, -0.25) is 4.79 Å². The van der Waals surface area contributed by atoms with Crippen molar-refractivity contribution in [2.75, 3.05) is 6.54 Å². The lowest BCUT2D eigenvalue weighted by Crippen LogP contribution is -2.42. The Bertz CT molecular complexity index is 346. The Hall–Kier alpha value is -0.790. The van der Waals surface area contributed by atoms with Crippen LogP contribution in [0.15, 0.2) is 11.6 Å². The molecule has 2 aliphatic heterocycles. The largest absolute Gasteiger partial charge is 0.336 e. The molecular weight excluding hydrogens is 210 g/mol. The van der Waals surface area contributed by atoms with Gasteiger partial charge in [-0.2, -0.15) is 0 Å². The normalized spacial score (nSPS) is 40.6. The van der Waals surface area contributed by atoms with Gasteiger partial charge in [-0.05, 0) is 63.7 Å². The summed E-state index contributed by atoms with van der Waals surface area (Å²) in [7, 11) is 0. The smallest absolute Gasteiger partial charge is 0.249 e. The molecular formula is C15H23NO. The first-order valence-corrected chi connectivity index (χ1v) is 7.11. The fourth-order valence-corrected chi connectivity index (χ4v) is 4.38. The van der Waals surface area contributed by atoms with Crippen molar-refractivity contribution in [3.05, 3.63) is 11.6 Å². The van der Waals surface area contributed by atoms with E-state index in [1.165, 1.54) is 32.1 Å². The van der Waals surface area contributed by atoms with Crippen molar-refractivity contribution in [2.24, 2.45) is 17.8 Å². The van der Waals surface area contributed by atoms with Gasteiger partial charge >= 0.3 is 0 Å². The van der Waals surface area contributed by atoms with E-state index in [4.69, 9.17) is 0 Å². The van der Waals surface area contributed by atoms with Gasteiger partial charge in [0, 0.05) is 18.2 Å². The molecule has 2 aliphatic carbocycles. The van der Waals surface area contributed by atoms with Crippen LogP contribution in [-0.2, 0) is 4.79 Å². The minimum absolute atomic E-state index is 0.297. The number of allylic oxidation sites excluding steroid dienone is 1. The van der Waals surface area contributed by atoms with Crippen molar-refractivity contribution in [3.8, 4) is 0 Å². The minimum Gasteiger partial charge on any atom is -0.336 e. The Morgan fingerprint density at radius 2 is 1.65 bits per heavy atom. The first-order chi connectivity index (χ1) is 8.17. The highest BCUT2D eigenvalue weighted by Crippen LogP contribution is 2.47. The van der Waals surface area contributed by atoms with E-state index in [1.807, 2.05) is 19.9 Å². The van der Waals surface area contributed by atoms with E-state index in [1.54, 1.807) is 0 Å². The molecule has 17 heavy (non-hydrogen) atoms. The van der Waals surface area contributed by atoms with Crippen molar-refractivity contribution in [2.45, 2.75) is 52.0 Å². The predicted octanol–water partition coefficient (Wildman–Crippen LogP) is 2.99. The number of rotatable bonds is 1. The molecule has 4 bridgehead atoms. The topological polar surface area (TPSA) is 20.3 Å². The van der Waals surface area contributed by atoms with Crippen LogP contribution in [0.5, 0.6) is 0 Å². The highest BCUT2D eigenvalue weighted by atomic mass is 16.2. The Kier molecular flexibility index (Phi) is 2.76. The molecule has 0 aromatic heterocycles. The zero-order valence-electron chi connectivity index (χ0n) is 11.0. The third-order valence-corrected chi connectivity index (χ3v) is 5.14. The molecule has 0 N–H and O–H groups in total. The third-order valence-electron chi connectivity index (χ3n) is 5.14. The highest BCUT2D eigenvalue weighted by Gasteiger charge is 2.43. The van der Waals surface area contributed by atoms with E-state index in [0.29, 0.717) is 11.9 Å². The average Bonchev–Trinajstić information content (AvgIpc) is 2.51. The Morgan fingerprint density at radius 3 is 2.24 bits per heavy atom. The van der Waals surface area contributed by atoms with Crippen LogP contribution in [0.2, 0.25) is 0 Å². The van der Waals surface area contributed by atoms with Crippen molar-refractivity contribution < 1.29 is 4.79 Å². The predicted molar refractivity (Wildman–Crippen MR) is 68.5 cm³/mol. The van der Waals surface area contributed by atoms with Crippen LogP contribution in [0.25, 0.3) is 0 Å². The highest BCUT2D eigenvalue weighted by molar-refractivity contribution is 5.93. The number of hydrogen-bond donors (Lipinski definition) is 0.